The third-order valence-corrected chi connectivity index (χ3v) is 8.21. The molecule has 10 nitrogen and oxygen atoms in total. The molecule has 0 aliphatic carbocycles. The number of allylic oxidation sites excluding steroid dienone is 1. The van der Waals surface area contributed by atoms with E-state index in [1.54, 1.807) is 26.8 Å². The Kier molecular flexibility index (Phi) is 8.74. The van der Waals surface area contributed by atoms with Crippen molar-refractivity contribution in [3.05, 3.63) is 81.0 Å². The number of aryl methyl sites for hydroxylation is 1. The van der Waals surface area contributed by atoms with Gasteiger partial charge in [-0.15, -0.1) is 11.4 Å². The molecule has 1 aromatic carbocycles. The van der Waals surface area contributed by atoms with Crippen LogP contribution in [0.4, 0.5) is 4.39 Å². The SMILES string of the molecule is C=CCCC(=O)C(C)(C)n1c(=O)c2c(C)c(-n3nccn3)sc2n(C[C@H](OC(C)C)c2cc(F)ccc2OC)c1=O. The first-order chi connectivity index (χ1) is 19.4. The Balaban J connectivity index is 2.04. The Hall–Kier alpha value is -3.90. The molecule has 1 atom stereocenters. The molecule has 0 saturated heterocycles. The van der Waals surface area contributed by atoms with E-state index in [9.17, 15) is 18.8 Å². The van der Waals surface area contributed by atoms with Crippen LogP contribution in [-0.2, 0) is 21.6 Å². The Bertz CT molecular complexity index is 1700. The molecule has 0 aliphatic rings. The zero-order chi connectivity index (χ0) is 30.1. The van der Waals surface area contributed by atoms with E-state index >= 15 is 0 Å². The average Bonchev–Trinajstić information content (AvgIpc) is 3.56. The number of Topliss-reactive ketones (excluding diaryl/α,β-unsaturated/α-hetero) is 1. The molecule has 0 N–H and O–H groups in total. The van der Waals surface area contributed by atoms with E-state index in [0.717, 1.165) is 4.57 Å². The summed E-state index contributed by atoms with van der Waals surface area (Å²) in [5, 5.41) is 9.24. The quantitative estimate of drug-likeness (QED) is 0.222. The fraction of sp³-hybridized carbons (Fsp3) is 0.414. The predicted octanol–water partition coefficient (Wildman–Crippen LogP) is 4.70. The van der Waals surface area contributed by atoms with Gasteiger partial charge in [-0.05, 0) is 59.2 Å². The zero-order valence-electron chi connectivity index (χ0n) is 24.0. The number of carbonyl (C=O) groups is 1. The van der Waals surface area contributed by atoms with Crippen molar-refractivity contribution in [1.29, 1.82) is 0 Å². The number of thiophene rings is 1. The summed E-state index contributed by atoms with van der Waals surface area (Å²) in [5.41, 5.74) is -1.77. The van der Waals surface area contributed by atoms with Crippen LogP contribution in [0.1, 0.15) is 57.8 Å². The average molecular weight is 584 g/mol. The molecule has 0 aliphatic heterocycles. The van der Waals surface area contributed by atoms with Gasteiger partial charge < -0.3 is 9.47 Å². The normalized spacial score (nSPS) is 12.7. The molecular weight excluding hydrogens is 549 g/mol. The van der Waals surface area contributed by atoms with Gasteiger partial charge in [-0.1, -0.05) is 17.4 Å². The van der Waals surface area contributed by atoms with Crippen molar-refractivity contribution in [2.75, 3.05) is 7.11 Å². The smallest absolute Gasteiger partial charge is 0.333 e. The van der Waals surface area contributed by atoms with Crippen LogP contribution < -0.4 is 16.0 Å². The number of aromatic nitrogens is 5. The Morgan fingerprint density at radius 1 is 1.22 bits per heavy atom. The van der Waals surface area contributed by atoms with Crippen LogP contribution in [0.15, 0.2) is 52.8 Å². The van der Waals surface area contributed by atoms with E-state index in [-0.39, 0.29) is 30.2 Å². The molecule has 0 amide bonds. The highest BCUT2D eigenvalue weighted by Gasteiger charge is 2.35. The van der Waals surface area contributed by atoms with E-state index in [2.05, 4.69) is 16.8 Å². The molecule has 12 heteroatoms. The summed E-state index contributed by atoms with van der Waals surface area (Å²) < 4.78 is 28.6. The molecule has 3 heterocycles. The Morgan fingerprint density at radius 3 is 2.51 bits per heavy atom. The Morgan fingerprint density at radius 2 is 1.90 bits per heavy atom. The maximum Gasteiger partial charge on any atom is 0.333 e. The van der Waals surface area contributed by atoms with Crippen molar-refractivity contribution in [2.45, 2.75) is 71.8 Å². The molecule has 0 radical (unpaired) electrons. The lowest BCUT2D eigenvalue weighted by atomic mass is 9.94. The number of fused-ring (bicyclic) bond motifs is 1. The molecule has 3 aromatic heterocycles. The second-order valence-corrected chi connectivity index (χ2v) is 11.4. The lowest BCUT2D eigenvalue weighted by molar-refractivity contribution is -0.126. The van der Waals surface area contributed by atoms with Crippen molar-refractivity contribution in [3.8, 4) is 10.8 Å². The number of ether oxygens (including phenoxy) is 2. The molecule has 218 valence electrons. The topological polar surface area (TPSA) is 110 Å². The van der Waals surface area contributed by atoms with Gasteiger partial charge in [0.15, 0.2) is 5.78 Å². The number of methoxy groups -OCH3 is 1. The maximum absolute atomic E-state index is 14.4. The van der Waals surface area contributed by atoms with Gasteiger partial charge in [0, 0.05) is 17.5 Å². The standard InChI is InChI=1S/C29H34FN5O5S/c1-8-9-10-23(36)29(5,6)34-25(37)24-18(4)26(35-31-13-14-32-35)41-27(24)33(28(34)38)16-22(40-17(2)3)20-15-19(30)11-12-21(20)39-7/h8,11-15,17,22H,1,9-10,16H2,2-7H3/t22-/m0/s1. The molecular formula is C29H34FN5O5S. The second kappa shape index (κ2) is 11.9. The largest absolute Gasteiger partial charge is 0.496 e. The van der Waals surface area contributed by atoms with E-state index in [1.165, 1.54) is 58.4 Å². The van der Waals surface area contributed by atoms with Crippen molar-refractivity contribution in [3.63, 3.8) is 0 Å². The third-order valence-electron chi connectivity index (χ3n) is 6.93. The van der Waals surface area contributed by atoms with Gasteiger partial charge in [0.1, 0.15) is 33.0 Å². The zero-order valence-corrected chi connectivity index (χ0v) is 24.8. The van der Waals surface area contributed by atoms with Crippen molar-refractivity contribution < 1.29 is 18.7 Å². The van der Waals surface area contributed by atoms with Gasteiger partial charge in [-0.25, -0.2) is 13.8 Å². The van der Waals surface area contributed by atoms with Gasteiger partial charge in [0.2, 0.25) is 0 Å². The number of carbonyl (C=O) groups excluding carboxylic acids is 1. The van der Waals surface area contributed by atoms with Crippen molar-refractivity contribution >= 4 is 27.3 Å². The van der Waals surface area contributed by atoms with Crippen LogP contribution in [0.25, 0.3) is 15.2 Å². The van der Waals surface area contributed by atoms with Crippen LogP contribution >= 0.6 is 11.3 Å². The second-order valence-electron chi connectivity index (χ2n) is 10.4. The summed E-state index contributed by atoms with van der Waals surface area (Å²) in [7, 11) is 1.47. The summed E-state index contributed by atoms with van der Waals surface area (Å²) in [5.74, 6) is -0.391. The summed E-state index contributed by atoms with van der Waals surface area (Å²) in [6.45, 7) is 12.1. The van der Waals surface area contributed by atoms with Gasteiger partial charge in [0.05, 0.1) is 37.5 Å². The number of rotatable bonds is 12. The minimum absolute atomic E-state index is 0.0868. The minimum atomic E-state index is -1.46. The molecule has 0 saturated carbocycles. The first-order valence-corrected chi connectivity index (χ1v) is 14.0. The molecule has 0 fully saturated rings. The van der Waals surface area contributed by atoms with Gasteiger partial charge in [0.25, 0.3) is 5.56 Å². The summed E-state index contributed by atoms with van der Waals surface area (Å²) in [4.78, 5) is 43.4. The van der Waals surface area contributed by atoms with Crippen LogP contribution in [0, 0.1) is 12.7 Å². The number of hydrogen-bond acceptors (Lipinski definition) is 8. The number of benzene rings is 1. The summed E-state index contributed by atoms with van der Waals surface area (Å²) in [6, 6.07) is 4.09. The lowest BCUT2D eigenvalue weighted by Gasteiger charge is -2.28. The Labute approximate surface area is 240 Å². The fourth-order valence-corrected chi connectivity index (χ4v) is 6.05. The van der Waals surface area contributed by atoms with Gasteiger partial charge in [-0.3, -0.25) is 14.2 Å². The fourth-order valence-electron chi connectivity index (χ4n) is 4.83. The number of halogens is 1. The van der Waals surface area contributed by atoms with E-state index in [1.807, 2.05) is 13.8 Å². The first-order valence-electron chi connectivity index (χ1n) is 13.2. The highest BCUT2D eigenvalue weighted by atomic mass is 32.1. The van der Waals surface area contributed by atoms with E-state index in [0.29, 0.717) is 33.1 Å². The highest BCUT2D eigenvalue weighted by molar-refractivity contribution is 7.21. The molecule has 0 unspecified atom stereocenters. The number of nitrogens with zero attached hydrogens (tertiary/aromatic N) is 5. The summed E-state index contributed by atoms with van der Waals surface area (Å²) in [6.07, 6.45) is 4.04. The molecule has 41 heavy (non-hydrogen) atoms. The maximum atomic E-state index is 14.4. The van der Waals surface area contributed by atoms with Crippen molar-refractivity contribution in [2.24, 2.45) is 0 Å². The molecule has 4 rings (SSSR count). The van der Waals surface area contributed by atoms with Gasteiger partial charge >= 0.3 is 5.69 Å². The number of ketones is 1. The van der Waals surface area contributed by atoms with E-state index in [4.69, 9.17) is 9.47 Å². The predicted molar refractivity (Wildman–Crippen MR) is 156 cm³/mol. The van der Waals surface area contributed by atoms with Crippen LogP contribution in [0.3, 0.4) is 0 Å². The monoisotopic (exact) mass is 583 g/mol. The minimum Gasteiger partial charge on any atom is -0.496 e. The number of hydrogen-bond donors (Lipinski definition) is 0. The van der Waals surface area contributed by atoms with Gasteiger partial charge in [-0.2, -0.15) is 10.2 Å². The third kappa shape index (κ3) is 5.66. The van der Waals surface area contributed by atoms with E-state index < -0.39 is 28.7 Å². The molecule has 0 spiro atoms. The molecule has 4 aromatic rings. The van der Waals surface area contributed by atoms with Crippen LogP contribution in [0.5, 0.6) is 5.75 Å². The molecule has 0 bridgehead atoms. The summed E-state index contributed by atoms with van der Waals surface area (Å²) >= 11 is 1.18. The first kappa shape index (κ1) is 30.1. The van der Waals surface area contributed by atoms with Crippen LogP contribution in [0.2, 0.25) is 0 Å². The lowest BCUT2D eigenvalue weighted by Crippen LogP contribution is -2.52. The highest BCUT2D eigenvalue weighted by Crippen LogP contribution is 2.35. The van der Waals surface area contributed by atoms with Crippen LogP contribution in [-0.4, -0.2) is 43.1 Å². The van der Waals surface area contributed by atoms with Crippen molar-refractivity contribution in [1.82, 2.24) is 24.1 Å².